The van der Waals surface area contributed by atoms with E-state index >= 15 is 0 Å². The first-order valence-corrected chi connectivity index (χ1v) is 14.4. The molecule has 3 aromatic rings. The predicted molar refractivity (Wildman–Crippen MR) is 148 cm³/mol. The molecule has 8 nitrogen and oxygen atoms in total. The van der Waals surface area contributed by atoms with Gasteiger partial charge in [-0.3, -0.25) is 4.79 Å². The molecule has 0 unspecified atom stereocenters. The number of carbonyl (C=O) groups is 1. The average Bonchev–Trinajstić information content (AvgIpc) is 3.49. The van der Waals surface area contributed by atoms with Crippen LogP contribution in [0.4, 0.5) is 0 Å². The summed E-state index contributed by atoms with van der Waals surface area (Å²) in [6.07, 6.45) is 0.736. The number of fused-ring (bicyclic) bond motifs is 6. The van der Waals surface area contributed by atoms with E-state index in [2.05, 4.69) is 60.1 Å². The van der Waals surface area contributed by atoms with E-state index in [1.165, 1.54) is 27.7 Å². The first-order valence-electron chi connectivity index (χ1n) is 14.4. The van der Waals surface area contributed by atoms with Gasteiger partial charge in [-0.05, 0) is 64.2 Å². The molecule has 0 radical (unpaired) electrons. The van der Waals surface area contributed by atoms with Crippen molar-refractivity contribution in [2.45, 2.75) is 88.7 Å². The summed E-state index contributed by atoms with van der Waals surface area (Å²) in [5.74, 6) is -3.61. The van der Waals surface area contributed by atoms with Gasteiger partial charge in [0.05, 0.1) is 12.6 Å². The quantitative estimate of drug-likeness (QED) is 0.475. The van der Waals surface area contributed by atoms with Crippen molar-refractivity contribution in [3.63, 3.8) is 0 Å². The third-order valence-corrected chi connectivity index (χ3v) is 8.85. The van der Waals surface area contributed by atoms with Crippen molar-refractivity contribution in [2.75, 3.05) is 13.2 Å². The fourth-order valence-corrected chi connectivity index (χ4v) is 7.22. The molecule has 1 aromatic heterocycles. The minimum absolute atomic E-state index is 0.156. The molecule has 2 aromatic carbocycles. The monoisotopic (exact) mass is 546 g/mol. The summed E-state index contributed by atoms with van der Waals surface area (Å²) in [4.78, 5) is 16.8. The summed E-state index contributed by atoms with van der Waals surface area (Å²) in [6, 6.07) is 18.8. The van der Waals surface area contributed by atoms with Crippen molar-refractivity contribution in [3.8, 4) is 0 Å². The van der Waals surface area contributed by atoms with E-state index in [0.717, 1.165) is 19.3 Å². The van der Waals surface area contributed by atoms with Crippen molar-refractivity contribution in [3.05, 3.63) is 71.4 Å². The third kappa shape index (κ3) is 4.03. The van der Waals surface area contributed by atoms with Gasteiger partial charge in [-0.15, -0.1) is 0 Å². The molecule has 3 fully saturated rings. The number of aryl methyl sites for hydroxylation is 2. The summed E-state index contributed by atoms with van der Waals surface area (Å²) < 4.78 is 33.8. The Balaban J connectivity index is 1.29. The number of hydrogen-bond donors (Lipinski definition) is 0. The Morgan fingerprint density at radius 1 is 0.950 bits per heavy atom. The van der Waals surface area contributed by atoms with Crippen LogP contribution in [0.1, 0.15) is 57.0 Å². The predicted octanol–water partition coefficient (Wildman–Crippen LogP) is 4.64. The van der Waals surface area contributed by atoms with E-state index in [1.807, 2.05) is 38.7 Å². The van der Waals surface area contributed by atoms with Crippen LogP contribution in [0.5, 0.6) is 0 Å². The molecular formula is C32H38N2O6. The van der Waals surface area contributed by atoms with Gasteiger partial charge in [0, 0.05) is 30.2 Å². The Morgan fingerprint density at radius 3 is 2.50 bits per heavy atom. The van der Waals surface area contributed by atoms with Crippen LogP contribution in [0.15, 0.2) is 54.6 Å². The van der Waals surface area contributed by atoms with Gasteiger partial charge in [0.25, 0.3) is 11.7 Å². The zero-order chi connectivity index (χ0) is 27.9. The number of rotatable bonds is 4. The van der Waals surface area contributed by atoms with Gasteiger partial charge >= 0.3 is 0 Å². The number of hydrogen-bond acceptors (Lipinski definition) is 6. The fourth-order valence-electron chi connectivity index (χ4n) is 7.22. The second-order valence-corrected chi connectivity index (χ2v) is 12.4. The highest BCUT2D eigenvalue weighted by Gasteiger charge is 2.72. The number of nitrogens with zero attached hydrogens (tertiary/aromatic N) is 2. The van der Waals surface area contributed by atoms with Crippen LogP contribution in [0, 0.1) is 0 Å². The van der Waals surface area contributed by atoms with Crippen molar-refractivity contribution >= 4 is 16.8 Å². The van der Waals surface area contributed by atoms with Crippen LogP contribution in [-0.2, 0) is 48.4 Å². The number of aromatic nitrogens is 1. The maximum Gasteiger partial charge on any atom is 0.286 e. The summed E-state index contributed by atoms with van der Waals surface area (Å²) in [5, 5.41) is 1.25. The van der Waals surface area contributed by atoms with Gasteiger partial charge in [-0.1, -0.05) is 48.5 Å². The summed E-state index contributed by atoms with van der Waals surface area (Å²) in [5.41, 5.74) is 4.92. The molecule has 0 saturated carbocycles. The lowest BCUT2D eigenvalue weighted by molar-refractivity contribution is -0.325. The molecule has 7 rings (SSSR count). The molecule has 3 saturated heterocycles. The molecule has 5 atom stereocenters. The van der Waals surface area contributed by atoms with Crippen molar-refractivity contribution < 1.29 is 28.5 Å². The fraction of sp³-hybridized carbons (Fsp3) is 0.531. The Bertz CT molecular complexity index is 1450. The van der Waals surface area contributed by atoms with Crippen molar-refractivity contribution in [1.29, 1.82) is 0 Å². The molecule has 0 spiro atoms. The van der Waals surface area contributed by atoms with Crippen molar-refractivity contribution in [1.82, 2.24) is 9.47 Å². The Morgan fingerprint density at radius 2 is 1.70 bits per heavy atom. The zero-order valence-corrected chi connectivity index (χ0v) is 23.9. The standard InChI is InChI=1S/C32H38N2O6/c1-30(2)36-19-25-27(38-30)28-32(37-25,40-31(3,4)39-28)29(35)34-18-17-22-21-13-9-10-14-23(21)33(5)26(22)24(34)16-15-20-11-7-6-8-12-20/h6-14,24-25,27-28H,15-19H2,1-5H3/t24-,25+,27-,28+,32-/m1/s1. The maximum absolute atomic E-state index is 14.8. The van der Waals surface area contributed by atoms with E-state index in [1.54, 1.807) is 0 Å². The van der Waals surface area contributed by atoms with E-state index in [0.29, 0.717) is 13.2 Å². The van der Waals surface area contributed by atoms with Gasteiger partial charge in [-0.25, -0.2) is 0 Å². The number of para-hydroxylation sites is 1. The summed E-state index contributed by atoms with van der Waals surface area (Å²) >= 11 is 0. The zero-order valence-electron chi connectivity index (χ0n) is 23.9. The number of carbonyl (C=O) groups excluding carboxylic acids is 1. The molecule has 8 heteroatoms. The normalized spacial score (nSPS) is 32.1. The molecule has 4 aliphatic rings. The average molecular weight is 547 g/mol. The largest absolute Gasteiger partial charge is 0.348 e. The second kappa shape index (κ2) is 9.13. The minimum atomic E-state index is -1.60. The number of amides is 1. The van der Waals surface area contributed by atoms with Gasteiger partial charge < -0.3 is 33.2 Å². The third-order valence-electron chi connectivity index (χ3n) is 8.85. The lowest BCUT2D eigenvalue weighted by atomic mass is 9.91. The lowest BCUT2D eigenvalue weighted by Gasteiger charge is -2.41. The SMILES string of the molecule is Cn1c2c(c3ccccc31)CCN(C(=O)[C@@]13O[C@H]4COC(C)(C)O[C@H]4[C@@H]1OC(C)(C)O3)[C@@H]2CCc1ccccc1. The molecule has 0 N–H and O–H groups in total. The van der Waals surface area contributed by atoms with Crippen LogP contribution in [0.3, 0.4) is 0 Å². The van der Waals surface area contributed by atoms with Crippen LogP contribution in [0.2, 0.25) is 0 Å². The number of ether oxygens (including phenoxy) is 5. The van der Waals surface area contributed by atoms with Gasteiger partial charge in [0.1, 0.15) is 12.2 Å². The van der Waals surface area contributed by atoms with Crippen LogP contribution in [-0.4, -0.2) is 64.2 Å². The smallest absolute Gasteiger partial charge is 0.286 e. The van der Waals surface area contributed by atoms with E-state index in [9.17, 15) is 4.79 Å². The molecule has 0 aliphatic carbocycles. The molecule has 1 amide bonds. The highest BCUT2D eigenvalue weighted by molar-refractivity contribution is 5.89. The Labute approximate surface area is 235 Å². The van der Waals surface area contributed by atoms with Crippen LogP contribution in [0.25, 0.3) is 10.9 Å². The Hall–Kier alpha value is -2.75. The highest BCUT2D eigenvalue weighted by Crippen LogP contribution is 2.51. The molecule has 5 heterocycles. The summed E-state index contributed by atoms with van der Waals surface area (Å²) in [7, 11) is 2.11. The van der Waals surface area contributed by atoms with E-state index in [-0.39, 0.29) is 11.9 Å². The van der Waals surface area contributed by atoms with Gasteiger partial charge in [-0.2, -0.15) is 0 Å². The first-order chi connectivity index (χ1) is 19.1. The highest BCUT2D eigenvalue weighted by atomic mass is 16.9. The second-order valence-electron chi connectivity index (χ2n) is 12.4. The molecule has 40 heavy (non-hydrogen) atoms. The van der Waals surface area contributed by atoms with Crippen molar-refractivity contribution in [2.24, 2.45) is 7.05 Å². The topological polar surface area (TPSA) is 71.4 Å². The number of benzene rings is 2. The Kier molecular flexibility index (Phi) is 5.97. The molecule has 0 bridgehead atoms. The molecular weight excluding hydrogens is 508 g/mol. The van der Waals surface area contributed by atoms with E-state index < -0.39 is 35.7 Å². The van der Waals surface area contributed by atoms with E-state index in [4.69, 9.17) is 23.7 Å². The maximum atomic E-state index is 14.8. The van der Waals surface area contributed by atoms with Gasteiger partial charge in [0.15, 0.2) is 17.7 Å². The molecule has 4 aliphatic heterocycles. The minimum Gasteiger partial charge on any atom is -0.348 e. The molecule has 212 valence electrons. The lowest BCUT2D eigenvalue weighted by Crippen LogP contribution is -2.57. The first kappa shape index (κ1) is 26.2. The summed E-state index contributed by atoms with van der Waals surface area (Å²) in [6.45, 7) is 8.28. The van der Waals surface area contributed by atoms with Crippen LogP contribution >= 0.6 is 0 Å². The van der Waals surface area contributed by atoms with Gasteiger partial charge in [0.2, 0.25) is 0 Å². The van der Waals surface area contributed by atoms with Crippen LogP contribution < -0.4 is 0 Å².